The molecular weight excluding hydrogens is 158 g/mol. The Kier molecular flexibility index (Phi) is 1.45. The molecule has 3 rings (SSSR count). The van der Waals surface area contributed by atoms with Crippen LogP contribution < -0.4 is 5.32 Å². The SMILES string of the molecule is C1=CC2NC3=C(CCC=C3)C2C=C1. The van der Waals surface area contributed by atoms with Crippen molar-refractivity contribution in [2.24, 2.45) is 5.92 Å². The maximum atomic E-state index is 3.55. The van der Waals surface area contributed by atoms with Crippen LogP contribution in [0.2, 0.25) is 0 Å². The quantitative estimate of drug-likeness (QED) is 0.589. The van der Waals surface area contributed by atoms with Gasteiger partial charge in [-0.25, -0.2) is 0 Å². The monoisotopic (exact) mass is 171 g/mol. The molecule has 0 aromatic heterocycles. The highest BCUT2D eigenvalue weighted by molar-refractivity contribution is 5.42. The summed E-state index contributed by atoms with van der Waals surface area (Å²) in [5.74, 6) is 0.630. The molecule has 1 nitrogen and oxygen atoms in total. The van der Waals surface area contributed by atoms with E-state index in [9.17, 15) is 0 Å². The summed E-state index contributed by atoms with van der Waals surface area (Å²) in [6, 6.07) is 0.526. The lowest BCUT2D eigenvalue weighted by Gasteiger charge is -2.18. The van der Waals surface area contributed by atoms with Crippen molar-refractivity contribution >= 4 is 0 Å². The summed E-state index contributed by atoms with van der Waals surface area (Å²) in [5, 5.41) is 3.55. The van der Waals surface area contributed by atoms with Crippen molar-refractivity contribution in [1.29, 1.82) is 0 Å². The molecule has 2 unspecified atom stereocenters. The van der Waals surface area contributed by atoms with E-state index in [0.29, 0.717) is 12.0 Å². The van der Waals surface area contributed by atoms with E-state index in [1.165, 1.54) is 18.5 Å². The lowest BCUT2D eigenvalue weighted by molar-refractivity contribution is 0.617. The van der Waals surface area contributed by atoms with Gasteiger partial charge in [0.25, 0.3) is 0 Å². The average molecular weight is 171 g/mol. The molecule has 2 atom stereocenters. The topological polar surface area (TPSA) is 12.0 Å². The van der Waals surface area contributed by atoms with Crippen molar-refractivity contribution in [1.82, 2.24) is 5.32 Å². The van der Waals surface area contributed by atoms with Gasteiger partial charge in [-0.05, 0) is 24.5 Å². The fourth-order valence-corrected chi connectivity index (χ4v) is 2.43. The predicted octanol–water partition coefficient (Wildman–Crippen LogP) is 2.30. The van der Waals surface area contributed by atoms with Gasteiger partial charge in [-0.2, -0.15) is 0 Å². The number of rotatable bonds is 0. The molecule has 0 aromatic rings. The Labute approximate surface area is 78.5 Å². The molecule has 1 aliphatic heterocycles. The van der Waals surface area contributed by atoms with E-state index in [2.05, 4.69) is 41.8 Å². The zero-order valence-corrected chi connectivity index (χ0v) is 7.53. The molecule has 0 amide bonds. The molecule has 66 valence electrons. The lowest BCUT2D eigenvalue weighted by atomic mass is 9.87. The fraction of sp³-hybridized carbons (Fsp3) is 0.333. The van der Waals surface area contributed by atoms with E-state index >= 15 is 0 Å². The second kappa shape index (κ2) is 2.63. The molecule has 1 heterocycles. The minimum Gasteiger partial charge on any atom is -0.378 e. The second-order valence-electron chi connectivity index (χ2n) is 3.85. The molecule has 1 heteroatoms. The normalized spacial score (nSPS) is 34.5. The molecule has 0 radical (unpaired) electrons. The lowest BCUT2D eigenvalue weighted by Crippen LogP contribution is -2.26. The number of allylic oxidation sites excluding steroid dienone is 4. The van der Waals surface area contributed by atoms with E-state index in [1.54, 1.807) is 5.57 Å². The Hall–Kier alpha value is -1.24. The van der Waals surface area contributed by atoms with Gasteiger partial charge < -0.3 is 5.32 Å². The van der Waals surface area contributed by atoms with Crippen molar-refractivity contribution < 1.29 is 0 Å². The van der Waals surface area contributed by atoms with Gasteiger partial charge in [0.2, 0.25) is 0 Å². The van der Waals surface area contributed by atoms with Crippen LogP contribution in [0.4, 0.5) is 0 Å². The standard InChI is InChI=1S/C12H13N/c1-3-7-11-9(5-1)10-6-2-4-8-12(10)13-11/h1,3-5,7-9,11,13H,2,6H2. The zero-order chi connectivity index (χ0) is 8.67. The third-order valence-corrected chi connectivity index (χ3v) is 3.07. The van der Waals surface area contributed by atoms with Crippen molar-refractivity contribution in [3.05, 3.63) is 47.7 Å². The summed E-state index contributed by atoms with van der Waals surface area (Å²) < 4.78 is 0. The average Bonchev–Trinajstić information content (AvgIpc) is 2.56. The van der Waals surface area contributed by atoms with Crippen LogP contribution >= 0.6 is 0 Å². The summed E-state index contributed by atoms with van der Waals surface area (Å²) in [7, 11) is 0. The van der Waals surface area contributed by atoms with Crippen LogP contribution in [-0.2, 0) is 0 Å². The summed E-state index contributed by atoms with van der Waals surface area (Å²) in [6.07, 6.45) is 15.8. The summed E-state index contributed by atoms with van der Waals surface area (Å²) in [6.45, 7) is 0. The first-order valence-electron chi connectivity index (χ1n) is 4.96. The van der Waals surface area contributed by atoms with Crippen LogP contribution in [0.3, 0.4) is 0 Å². The van der Waals surface area contributed by atoms with Crippen LogP contribution in [0, 0.1) is 5.92 Å². The van der Waals surface area contributed by atoms with E-state index < -0.39 is 0 Å². The fourth-order valence-electron chi connectivity index (χ4n) is 2.43. The molecule has 1 N–H and O–H groups in total. The van der Waals surface area contributed by atoms with E-state index in [0.717, 1.165) is 0 Å². The van der Waals surface area contributed by atoms with Crippen molar-refractivity contribution in [2.75, 3.05) is 0 Å². The minimum absolute atomic E-state index is 0.526. The summed E-state index contributed by atoms with van der Waals surface area (Å²) >= 11 is 0. The highest BCUT2D eigenvalue weighted by atomic mass is 15.0. The molecule has 0 fully saturated rings. The molecule has 2 aliphatic carbocycles. The van der Waals surface area contributed by atoms with Crippen LogP contribution in [0.1, 0.15) is 12.8 Å². The highest BCUT2D eigenvalue weighted by Crippen LogP contribution is 2.35. The first-order valence-corrected chi connectivity index (χ1v) is 4.96. The van der Waals surface area contributed by atoms with Crippen LogP contribution in [0.15, 0.2) is 47.7 Å². The van der Waals surface area contributed by atoms with E-state index in [1.807, 2.05) is 0 Å². The van der Waals surface area contributed by atoms with E-state index in [-0.39, 0.29) is 0 Å². The molecule has 0 saturated heterocycles. The summed E-state index contributed by atoms with van der Waals surface area (Å²) in [4.78, 5) is 0. The van der Waals surface area contributed by atoms with Crippen LogP contribution in [0.5, 0.6) is 0 Å². The van der Waals surface area contributed by atoms with Gasteiger partial charge in [-0.1, -0.05) is 30.4 Å². The molecular formula is C12H13N. The Morgan fingerprint density at radius 2 is 2.15 bits per heavy atom. The third-order valence-electron chi connectivity index (χ3n) is 3.07. The maximum absolute atomic E-state index is 3.55. The summed E-state index contributed by atoms with van der Waals surface area (Å²) in [5.41, 5.74) is 2.98. The van der Waals surface area contributed by atoms with Gasteiger partial charge in [0.1, 0.15) is 0 Å². The Bertz CT molecular complexity index is 344. The highest BCUT2D eigenvalue weighted by Gasteiger charge is 2.31. The number of fused-ring (bicyclic) bond motifs is 2. The van der Waals surface area contributed by atoms with Gasteiger partial charge >= 0.3 is 0 Å². The van der Waals surface area contributed by atoms with Gasteiger partial charge in [0.15, 0.2) is 0 Å². The number of hydrogen-bond donors (Lipinski definition) is 1. The van der Waals surface area contributed by atoms with Crippen LogP contribution in [0.25, 0.3) is 0 Å². The zero-order valence-electron chi connectivity index (χ0n) is 7.53. The van der Waals surface area contributed by atoms with Gasteiger partial charge in [0, 0.05) is 11.6 Å². The molecule has 0 spiro atoms. The first kappa shape index (κ1) is 7.19. The molecule has 3 aliphatic rings. The second-order valence-corrected chi connectivity index (χ2v) is 3.85. The van der Waals surface area contributed by atoms with Crippen molar-refractivity contribution in [2.45, 2.75) is 18.9 Å². The Balaban J connectivity index is 2.00. The van der Waals surface area contributed by atoms with Gasteiger partial charge in [-0.15, -0.1) is 0 Å². The molecule has 0 saturated carbocycles. The molecule has 0 bridgehead atoms. The van der Waals surface area contributed by atoms with Crippen molar-refractivity contribution in [3.63, 3.8) is 0 Å². The predicted molar refractivity (Wildman–Crippen MR) is 54.1 cm³/mol. The van der Waals surface area contributed by atoms with Gasteiger partial charge in [0.05, 0.1) is 6.04 Å². The van der Waals surface area contributed by atoms with Gasteiger partial charge in [-0.3, -0.25) is 0 Å². The first-order chi connectivity index (χ1) is 6.45. The maximum Gasteiger partial charge on any atom is 0.0548 e. The van der Waals surface area contributed by atoms with Crippen LogP contribution in [-0.4, -0.2) is 6.04 Å². The smallest absolute Gasteiger partial charge is 0.0548 e. The third kappa shape index (κ3) is 0.998. The number of nitrogens with one attached hydrogen (secondary N) is 1. The Morgan fingerprint density at radius 1 is 1.23 bits per heavy atom. The largest absolute Gasteiger partial charge is 0.378 e. The molecule has 13 heavy (non-hydrogen) atoms. The van der Waals surface area contributed by atoms with E-state index in [4.69, 9.17) is 0 Å². The minimum atomic E-state index is 0.526. The van der Waals surface area contributed by atoms with Crippen molar-refractivity contribution in [3.8, 4) is 0 Å². The number of hydrogen-bond acceptors (Lipinski definition) is 1. The Morgan fingerprint density at radius 3 is 3.15 bits per heavy atom. The molecule has 0 aromatic carbocycles.